The van der Waals surface area contributed by atoms with E-state index in [4.69, 9.17) is 4.74 Å². The van der Waals surface area contributed by atoms with E-state index in [2.05, 4.69) is 24.7 Å². The molecule has 7 nitrogen and oxygen atoms in total. The number of halogens is 4. The molecule has 0 radical (unpaired) electrons. The quantitative estimate of drug-likeness (QED) is 0.265. The molecule has 11 heteroatoms. The van der Waals surface area contributed by atoms with Crippen LogP contribution in [-0.2, 0) is 22.9 Å². The number of hydrogen-bond acceptors (Lipinski definition) is 5. The van der Waals surface area contributed by atoms with Crippen molar-refractivity contribution in [1.82, 2.24) is 19.8 Å². The Bertz CT molecular complexity index is 1480. The van der Waals surface area contributed by atoms with Crippen molar-refractivity contribution in [2.45, 2.75) is 63.3 Å². The summed E-state index contributed by atoms with van der Waals surface area (Å²) in [5, 5.41) is 2.61. The number of rotatable bonds is 9. The number of carbonyl (C=O) groups excluding carboxylic acids is 1. The van der Waals surface area contributed by atoms with Crippen LogP contribution in [0.15, 0.2) is 60.9 Å². The molecule has 1 amide bonds. The second-order valence-corrected chi connectivity index (χ2v) is 13.3. The van der Waals surface area contributed by atoms with Gasteiger partial charge in [0, 0.05) is 68.6 Å². The summed E-state index contributed by atoms with van der Waals surface area (Å²) in [6.45, 7) is 6.97. The van der Waals surface area contributed by atoms with Crippen LogP contribution >= 0.6 is 0 Å². The van der Waals surface area contributed by atoms with Crippen molar-refractivity contribution in [3.8, 4) is 0 Å². The van der Waals surface area contributed by atoms with Crippen LogP contribution in [0.3, 0.4) is 0 Å². The molecule has 3 atom stereocenters. The number of piperidine rings is 1. The van der Waals surface area contributed by atoms with Gasteiger partial charge in [-0.15, -0.1) is 0 Å². The number of anilines is 1. The largest absolute Gasteiger partial charge is 0.446 e. The third kappa shape index (κ3) is 6.61. The Kier molecular flexibility index (Phi) is 9.32. The molecule has 3 aliphatic rings. The first-order valence-electron chi connectivity index (χ1n) is 16.3. The monoisotopic (exact) mass is 641 g/mol. The van der Waals surface area contributed by atoms with E-state index in [-0.39, 0.29) is 23.8 Å². The molecule has 46 heavy (non-hydrogen) atoms. The molecule has 1 N–H and O–H groups in total. The highest BCUT2D eigenvalue weighted by atomic mass is 19.4. The van der Waals surface area contributed by atoms with Gasteiger partial charge in [0.2, 0.25) is 0 Å². The van der Waals surface area contributed by atoms with E-state index in [0.717, 1.165) is 94.0 Å². The van der Waals surface area contributed by atoms with Crippen LogP contribution in [0.2, 0.25) is 0 Å². The van der Waals surface area contributed by atoms with Crippen LogP contribution in [0, 0.1) is 30.5 Å². The fourth-order valence-corrected chi connectivity index (χ4v) is 8.33. The van der Waals surface area contributed by atoms with Gasteiger partial charge >= 0.3 is 12.3 Å². The Morgan fingerprint density at radius 1 is 1.02 bits per heavy atom. The molecule has 1 saturated carbocycles. The average Bonchev–Trinajstić information content (AvgIpc) is 3.65. The lowest BCUT2D eigenvalue weighted by Crippen LogP contribution is -2.55. The molecule has 3 fully saturated rings. The summed E-state index contributed by atoms with van der Waals surface area (Å²) < 4.78 is 62.1. The number of nitrogens with zero attached hydrogens (tertiary/aromatic N) is 4. The van der Waals surface area contributed by atoms with E-state index in [1.165, 1.54) is 6.07 Å². The minimum absolute atomic E-state index is 0.00822. The second kappa shape index (κ2) is 13.3. The number of nitrogens with one attached hydrogen (secondary N) is 1. The van der Waals surface area contributed by atoms with Crippen LogP contribution in [0.4, 0.5) is 28.0 Å². The maximum atomic E-state index is 15.0. The van der Waals surface area contributed by atoms with Crippen molar-refractivity contribution in [3.63, 3.8) is 0 Å². The zero-order valence-electron chi connectivity index (χ0n) is 26.5. The summed E-state index contributed by atoms with van der Waals surface area (Å²) >= 11 is 0. The summed E-state index contributed by atoms with van der Waals surface area (Å²) in [5.74, 6) is 1.29. The van der Waals surface area contributed by atoms with Crippen molar-refractivity contribution in [1.29, 1.82) is 0 Å². The highest BCUT2D eigenvalue weighted by molar-refractivity contribution is 5.67. The van der Waals surface area contributed by atoms with Gasteiger partial charge in [-0.1, -0.05) is 12.1 Å². The number of aryl methyl sites for hydroxylation is 1. The zero-order valence-corrected chi connectivity index (χ0v) is 26.5. The Labute approximate surface area is 267 Å². The van der Waals surface area contributed by atoms with E-state index in [1.807, 2.05) is 19.2 Å². The predicted molar refractivity (Wildman–Crippen MR) is 168 cm³/mol. The smallest absolute Gasteiger partial charge is 0.416 e. The van der Waals surface area contributed by atoms with Crippen LogP contribution in [0.25, 0.3) is 0 Å². The molecule has 1 unspecified atom stereocenters. The number of alkyl halides is 3. The summed E-state index contributed by atoms with van der Waals surface area (Å²) in [5.41, 5.74) is 0.660. The lowest BCUT2D eigenvalue weighted by atomic mass is 9.58. The van der Waals surface area contributed by atoms with Crippen LogP contribution in [0.1, 0.15) is 49.1 Å². The molecule has 0 bridgehead atoms. The number of alkyl carbamates (subject to hydrolysis) is 1. The van der Waals surface area contributed by atoms with Crippen molar-refractivity contribution >= 4 is 11.8 Å². The molecule has 2 saturated heterocycles. The van der Waals surface area contributed by atoms with Crippen LogP contribution < -0.4 is 10.2 Å². The first-order valence-corrected chi connectivity index (χ1v) is 16.3. The molecule has 1 aromatic heterocycles. The molecule has 0 spiro atoms. The first kappa shape index (κ1) is 32.3. The normalized spacial score (nSPS) is 22.8. The number of amides is 1. The molecule has 248 valence electrons. The topological polar surface area (TPSA) is 62.6 Å². The Balaban J connectivity index is 1.19. The molecular weight excluding hydrogens is 598 g/mol. The molecule has 3 heterocycles. The minimum Gasteiger partial charge on any atom is -0.446 e. The highest BCUT2D eigenvalue weighted by Gasteiger charge is 2.53. The van der Waals surface area contributed by atoms with Gasteiger partial charge in [0.05, 0.1) is 5.56 Å². The number of likely N-dealkylation sites (tertiary alicyclic amines) is 1. The third-order valence-electron chi connectivity index (χ3n) is 10.6. The van der Waals surface area contributed by atoms with Crippen molar-refractivity contribution < 1.29 is 27.1 Å². The Hall–Kier alpha value is -3.60. The SMILES string of the molecule is CNC(=O)O[C@H]1CCC[C@@H]1C(Cn1ccnc1C)(c1cccc(F)c1)C1CCN(CC2CN(c3ccc(C(F)(F)F)cc3)C2)CC1. The first-order chi connectivity index (χ1) is 22.1. The van der Waals surface area contributed by atoms with E-state index in [1.54, 1.807) is 37.5 Å². The maximum Gasteiger partial charge on any atom is 0.416 e. The van der Waals surface area contributed by atoms with Crippen molar-refractivity contribution in [3.05, 3.63) is 83.7 Å². The second-order valence-electron chi connectivity index (χ2n) is 13.3. The van der Waals surface area contributed by atoms with Gasteiger partial charge in [-0.05, 0) is 100.0 Å². The molecule has 1 aliphatic carbocycles. The summed E-state index contributed by atoms with van der Waals surface area (Å²) in [4.78, 5) is 21.6. The van der Waals surface area contributed by atoms with Gasteiger partial charge in [0.25, 0.3) is 0 Å². The predicted octanol–water partition coefficient (Wildman–Crippen LogP) is 6.66. The van der Waals surface area contributed by atoms with E-state index < -0.39 is 23.2 Å². The number of hydrogen-bond donors (Lipinski definition) is 1. The maximum absolute atomic E-state index is 15.0. The molecule has 6 rings (SSSR count). The third-order valence-corrected chi connectivity index (χ3v) is 10.6. The van der Waals surface area contributed by atoms with Gasteiger partial charge < -0.3 is 24.4 Å². The minimum atomic E-state index is -4.33. The number of benzene rings is 2. The Morgan fingerprint density at radius 2 is 1.76 bits per heavy atom. The van der Waals surface area contributed by atoms with Crippen molar-refractivity contribution in [2.24, 2.45) is 17.8 Å². The molecular formula is C35H43F4N5O2. The summed E-state index contributed by atoms with van der Waals surface area (Å²) in [6, 6.07) is 12.4. The van der Waals surface area contributed by atoms with Crippen LogP contribution in [-0.4, -0.2) is 66.4 Å². The summed E-state index contributed by atoms with van der Waals surface area (Å²) in [6.07, 6.45) is 3.16. The van der Waals surface area contributed by atoms with Gasteiger partial charge in [0.15, 0.2) is 0 Å². The molecule has 3 aromatic rings. The highest BCUT2D eigenvalue weighted by Crippen LogP contribution is 2.52. The lowest BCUT2D eigenvalue weighted by molar-refractivity contribution is -0.137. The number of ether oxygens (including phenoxy) is 1. The van der Waals surface area contributed by atoms with Gasteiger partial charge in [-0.3, -0.25) is 0 Å². The van der Waals surface area contributed by atoms with Gasteiger partial charge in [-0.25, -0.2) is 14.2 Å². The average molecular weight is 642 g/mol. The van der Waals surface area contributed by atoms with E-state index in [9.17, 15) is 22.4 Å². The number of aromatic nitrogens is 2. The van der Waals surface area contributed by atoms with Crippen molar-refractivity contribution in [2.75, 3.05) is 44.7 Å². The fraction of sp³-hybridized carbons (Fsp3) is 0.543. The summed E-state index contributed by atoms with van der Waals surface area (Å²) in [7, 11) is 1.57. The standard InChI is InChI=1S/C35H43F4N5O2/c1-24-41-15-18-43(24)23-34(28-5-3-6-29(36)19-28,31-7-4-8-32(31)46-33(45)40-2)26-13-16-42(17-14-26)20-25-21-44(22-25)30-11-9-27(10-12-30)35(37,38)39/h3,5-6,9-12,15,18-19,25-26,31-32H,4,7-8,13-14,16-17,20-23H2,1-2H3,(H,40,45)/t31-,32-,34?/m0/s1. The Morgan fingerprint density at radius 3 is 2.39 bits per heavy atom. The zero-order chi connectivity index (χ0) is 32.5. The number of imidazole rings is 1. The number of carbonyl (C=O) groups is 1. The van der Waals surface area contributed by atoms with E-state index in [0.29, 0.717) is 12.5 Å². The van der Waals surface area contributed by atoms with Crippen LogP contribution in [0.5, 0.6) is 0 Å². The molecule has 2 aromatic carbocycles. The lowest BCUT2D eigenvalue weighted by Gasteiger charge is -2.51. The van der Waals surface area contributed by atoms with Gasteiger partial charge in [-0.2, -0.15) is 13.2 Å². The van der Waals surface area contributed by atoms with Gasteiger partial charge in [0.1, 0.15) is 17.7 Å². The fourth-order valence-electron chi connectivity index (χ4n) is 8.33. The van der Waals surface area contributed by atoms with E-state index >= 15 is 0 Å². The molecule has 2 aliphatic heterocycles.